The van der Waals surface area contributed by atoms with Crippen LogP contribution in [0.15, 0.2) is 36.5 Å². The molecule has 1 heterocycles. The number of hydrogen-bond acceptors (Lipinski definition) is 5. The molecular weight excluding hydrogens is 362 g/mol. The van der Waals surface area contributed by atoms with Crippen molar-refractivity contribution in [3.05, 3.63) is 58.6 Å². The first-order valence-electron chi connectivity index (χ1n) is 9.56. The maximum atomic E-state index is 10.4. The fraction of sp³-hybridized carbons (Fsp3) is 0.524. The smallest absolute Gasteiger partial charge is 0.131 e. The normalized spacial score (nSPS) is 25.3. The molecule has 1 aromatic heterocycles. The highest BCUT2D eigenvalue weighted by Crippen LogP contribution is 2.35. The van der Waals surface area contributed by atoms with E-state index in [2.05, 4.69) is 29.1 Å². The molecule has 146 valence electrons. The SMILES string of the molecule is CC(C)c1nccc(C[C@@H]2[C@@H](CO)[C@H](O)C[C@H]2NCc2cccc(Cl)c2)n1. The maximum Gasteiger partial charge on any atom is 0.131 e. The van der Waals surface area contributed by atoms with E-state index in [1.54, 1.807) is 6.20 Å². The first-order chi connectivity index (χ1) is 13.0. The van der Waals surface area contributed by atoms with Gasteiger partial charge in [-0.25, -0.2) is 9.97 Å². The Morgan fingerprint density at radius 1 is 1.26 bits per heavy atom. The van der Waals surface area contributed by atoms with E-state index in [9.17, 15) is 10.2 Å². The van der Waals surface area contributed by atoms with E-state index in [0.717, 1.165) is 17.1 Å². The molecule has 1 aliphatic carbocycles. The van der Waals surface area contributed by atoms with Gasteiger partial charge in [0, 0.05) is 47.9 Å². The van der Waals surface area contributed by atoms with Crippen LogP contribution in [0.25, 0.3) is 0 Å². The van der Waals surface area contributed by atoms with Crippen molar-refractivity contribution in [3.8, 4) is 0 Å². The van der Waals surface area contributed by atoms with Gasteiger partial charge in [-0.05, 0) is 42.5 Å². The number of rotatable bonds is 7. The van der Waals surface area contributed by atoms with Crippen molar-refractivity contribution in [1.29, 1.82) is 0 Å². The molecule has 6 heteroatoms. The van der Waals surface area contributed by atoms with Gasteiger partial charge in [-0.2, -0.15) is 0 Å². The van der Waals surface area contributed by atoms with Gasteiger partial charge in [-0.15, -0.1) is 0 Å². The van der Waals surface area contributed by atoms with E-state index < -0.39 is 6.10 Å². The van der Waals surface area contributed by atoms with E-state index >= 15 is 0 Å². The second kappa shape index (κ2) is 9.11. The summed E-state index contributed by atoms with van der Waals surface area (Å²) in [6.07, 6.45) is 2.62. The van der Waals surface area contributed by atoms with Crippen LogP contribution in [-0.4, -0.2) is 38.9 Å². The third kappa shape index (κ3) is 5.05. The van der Waals surface area contributed by atoms with Gasteiger partial charge in [-0.1, -0.05) is 37.6 Å². The molecule has 0 saturated heterocycles. The third-order valence-electron chi connectivity index (χ3n) is 5.42. The molecule has 1 aliphatic rings. The van der Waals surface area contributed by atoms with Gasteiger partial charge >= 0.3 is 0 Å². The lowest BCUT2D eigenvalue weighted by atomic mass is 9.88. The molecule has 2 aromatic rings. The van der Waals surface area contributed by atoms with Gasteiger partial charge in [0.05, 0.1) is 6.10 Å². The Balaban J connectivity index is 1.73. The van der Waals surface area contributed by atoms with Gasteiger partial charge in [0.1, 0.15) is 5.82 Å². The average molecular weight is 390 g/mol. The van der Waals surface area contributed by atoms with Gasteiger partial charge in [0.15, 0.2) is 0 Å². The van der Waals surface area contributed by atoms with Gasteiger partial charge < -0.3 is 15.5 Å². The van der Waals surface area contributed by atoms with E-state index in [1.807, 2.05) is 30.3 Å². The zero-order valence-corrected chi connectivity index (χ0v) is 16.6. The van der Waals surface area contributed by atoms with Crippen LogP contribution in [0.5, 0.6) is 0 Å². The lowest BCUT2D eigenvalue weighted by Gasteiger charge is -2.25. The van der Waals surface area contributed by atoms with Crippen LogP contribution in [0.4, 0.5) is 0 Å². The minimum Gasteiger partial charge on any atom is -0.396 e. The van der Waals surface area contributed by atoms with E-state index in [0.29, 0.717) is 24.4 Å². The topological polar surface area (TPSA) is 78.3 Å². The maximum absolute atomic E-state index is 10.4. The zero-order chi connectivity index (χ0) is 19.4. The lowest BCUT2D eigenvalue weighted by molar-refractivity contribution is 0.0716. The van der Waals surface area contributed by atoms with Crippen molar-refractivity contribution in [2.24, 2.45) is 11.8 Å². The molecule has 0 bridgehead atoms. The van der Waals surface area contributed by atoms with Crippen molar-refractivity contribution in [2.75, 3.05) is 6.61 Å². The zero-order valence-electron chi connectivity index (χ0n) is 15.8. The Hall–Kier alpha value is -1.53. The van der Waals surface area contributed by atoms with E-state index in [-0.39, 0.29) is 30.4 Å². The summed E-state index contributed by atoms with van der Waals surface area (Å²) in [5.74, 6) is 1.05. The summed E-state index contributed by atoms with van der Waals surface area (Å²) in [5, 5.41) is 24.5. The second-order valence-corrected chi connectivity index (χ2v) is 8.13. The second-order valence-electron chi connectivity index (χ2n) is 7.70. The predicted molar refractivity (Wildman–Crippen MR) is 107 cm³/mol. The van der Waals surface area contributed by atoms with E-state index in [1.165, 1.54) is 0 Å². The summed E-state index contributed by atoms with van der Waals surface area (Å²) in [7, 11) is 0. The molecule has 4 atom stereocenters. The molecule has 0 unspecified atom stereocenters. The van der Waals surface area contributed by atoms with Crippen molar-refractivity contribution < 1.29 is 10.2 Å². The Morgan fingerprint density at radius 3 is 2.78 bits per heavy atom. The first-order valence-corrected chi connectivity index (χ1v) is 9.94. The number of nitrogens with zero attached hydrogens (tertiary/aromatic N) is 2. The van der Waals surface area contributed by atoms with Gasteiger partial charge in [0.25, 0.3) is 0 Å². The number of benzene rings is 1. The Morgan fingerprint density at radius 2 is 2.07 bits per heavy atom. The molecule has 5 nitrogen and oxygen atoms in total. The van der Waals surface area contributed by atoms with Gasteiger partial charge in [-0.3, -0.25) is 0 Å². The van der Waals surface area contributed by atoms with E-state index in [4.69, 9.17) is 11.6 Å². The summed E-state index contributed by atoms with van der Waals surface area (Å²) < 4.78 is 0. The van der Waals surface area contributed by atoms with Crippen molar-refractivity contribution in [2.45, 2.75) is 51.3 Å². The number of hydrogen-bond donors (Lipinski definition) is 3. The Bertz CT molecular complexity index is 756. The molecule has 0 aliphatic heterocycles. The first kappa shape index (κ1) is 20.2. The van der Waals surface area contributed by atoms with Crippen LogP contribution in [0.3, 0.4) is 0 Å². The van der Waals surface area contributed by atoms with Crippen LogP contribution < -0.4 is 5.32 Å². The van der Waals surface area contributed by atoms with Crippen molar-refractivity contribution in [3.63, 3.8) is 0 Å². The highest BCUT2D eigenvalue weighted by molar-refractivity contribution is 6.30. The van der Waals surface area contributed by atoms with Crippen molar-refractivity contribution >= 4 is 11.6 Å². The molecule has 0 spiro atoms. The molecule has 0 radical (unpaired) electrons. The van der Waals surface area contributed by atoms with Gasteiger partial charge in [0.2, 0.25) is 0 Å². The lowest BCUT2D eigenvalue weighted by Crippen LogP contribution is -2.36. The van der Waals surface area contributed by atoms with Crippen LogP contribution in [0.1, 0.15) is 43.3 Å². The standard InChI is InChI=1S/C21H28ClN3O2/c1-13(2)21-23-7-6-16(25-21)9-17-18(12-26)20(27)10-19(17)24-11-14-4-3-5-15(22)8-14/h3-8,13,17-20,24,26-27H,9-12H2,1-2H3/t17-,18-,19-,20-/m1/s1. The molecule has 1 fully saturated rings. The van der Waals surface area contributed by atoms with Crippen molar-refractivity contribution in [1.82, 2.24) is 15.3 Å². The summed E-state index contributed by atoms with van der Waals surface area (Å²) in [4.78, 5) is 9.01. The molecule has 27 heavy (non-hydrogen) atoms. The number of nitrogens with one attached hydrogen (secondary N) is 1. The number of aliphatic hydroxyl groups is 2. The number of halogens is 1. The summed E-state index contributed by atoms with van der Waals surface area (Å²) in [6, 6.07) is 9.80. The van der Waals surface area contributed by atoms with Crippen LogP contribution >= 0.6 is 11.6 Å². The fourth-order valence-electron chi connectivity index (χ4n) is 3.92. The van der Waals surface area contributed by atoms with Crippen LogP contribution in [-0.2, 0) is 13.0 Å². The predicted octanol–water partition coefficient (Wildman–Crippen LogP) is 2.94. The molecule has 1 saturated carbocycles. The molecule has 0 amide bonds. The fourth-order valence-corrected chi connectivity index (χ4v) is 4.13. The third-order valence-corrected chi connectivity index (χ3v) is 5.65. The molecule has 3 N–H and O–H groups in total. The Labute approximate surface area is 165 Å². The molecule has 3 rings (SSSR count). The number of aromatic nitrogens is 2. The molecular formula is C21H28ClN3O2. The highest BCUT2D eigenvalue weighted by atomic mass is 35.5. The number of aliphatic hydroxyl groups excluding tert-OH is 2. The highest BCUT2D eigenvalue weighted by Gasteiger charge is 2.42. The van der Waals surface area contributed by atoms with Crippen LogP contribution in [0.2, 0.25) is 5.02 Å². The largest absolute Gasteiger partial charge is 0.396 e. The monoisotopic (exact) mass is 389 g/mol. The minimum absolute atomic E-state index is 0.0245. The molecule has 1 aromatic carbocycles. The quantitative estimate of drug-likeness (QED) is 0.678. The average Bonchev–Trinajstić information content (AvgIpc) is 2.94. The Kier molecular flexibility index (Phi) is 6.82. The summed E-state index contributed by atoms with van der Waals surface area (Å²) in [5.41, 5.74) is 2.06. The summed E-state index contributed by atoms with van der Waals surface area (Å²) in [6.45, 7) is 4.80. The summed E-state index contributed by atoms with van der Waals surface area (Å²) >= 11 is 6.07. The minimum atomic E-state index is -0.511. The van der Waals surface area contributed by atoms with Crippen LogP contribution in [0, 0.1) is 11.8 Å².